The van der Waals surface area contributed by atoms with Crippen molar-refractivity contribution >= 4 is 17.6 Å². The van der Waals surface area contributed by atoms with Crippen LogP contribution in [0.4, 0.5) is 10.1 Å². The Hall–Kier alpha value is -2.56. The standard InChI is InChI=1S/C29H36FN3O5.Na/c1-5-32(21-10-6-19(4)7-11-21)29(38)28-27(18(2)3)25(15-14-23(34)16-24(35)17-26(36)37)33(31-28)22-12-8-20(30)9-13-22;/h6-13,18,23-24,34-35H,5,14-17H2,1-4H3,(H,36,37);/q;+1/p-1/t23-,24-;/m1./s1. The molecule has 0 bridgehead atoms. The normalized spacial score (nSPS) is 12.6. The Morgan fingerprint density at radius 3 is 2.21 bits per heavy atom. The first-order chi connectivity index (χ1) is 18.0. The number of benzene rings is 2. The zero-order valence-corrected chi connectivity index (χ0v) is 25.2. The molecule has 2 aromatic carbocycles. The molecular weight excluding hydrogens is 512 g/mol. The van der Waals surface area contributed by atoms with Gasteiger partial charge >= 0.3 is 29.6 Å². The third kappa shape index (κ3) is 8.46. The van der Waals surface area contributed by atoms with Crippen LogP contribution in [0.1, 0.15) is 73.3 Å². The summed E-state index contributed by atoms with van der Waals surface area (Å²) in [6.45, 7) is 8.19. The molecule has 0 fully saturated rings. The van der Waals surface area contributed by atoms with Crippen LogP contribution in [0.15, 0.2) is 48.5 Å². The molecule has 3 aromatic rings. The SMILES string of the molecule is CCN(C(=O)c1nn(-c2ccc(F)cc2)c(CC[C@@H](O)C[C@@H](O)CC(=O)[O-])c1C(C)C)c1ccc(C)cc1.[Na+]. The number of carboxylic acids is 1. The molecule has 1 heterocycles. The summed E-state index contributed by atoms with van der Waals surface area (Å²) in [5, 5.41) is 35.9. The van der Waals surface area contributed by atoms with Crippen LogP contribution in [0.25, 0.3) is 5.69 Å². The molecule has 0 aliphatic heterocycles. The van der Waals surface area contributed by atoms with E-state index >= 15 is 0 Å². The number of aryl methyl sites for hydroxylation is 1. The van der Waals surface area contributed by atoms with Gasteiger partial charge in [-0.1, -0.05) is 31.5 Å². The second-order valence-corrected chi connectivity index (χ2v) is 9.80. The topological polar surface area (TPSA) is 119 Å². The maximum absolute atomic E-state index is 13.9. The van der Waals surface area contributed by atoms with Gasteiger partial charge in [-0.15, -0.1) is 0 Å². The second-order valence-electron chi connectivity index (χ2n) is 9.80. The zero-order valence-electron chi connectivity index (χ0n) is 23.2. The van der Waals surface area contributed by atoms with Gasteiger partial charge in [-0.3, -0.25) is 4.79 Å². The molecule has 0 radical (unpaired) electrons. The molecular formula is C29H35FN3NaO5. The molecule has 2 N–H and O–H groups in total. The van der Waals surface area contributed by atoms with Crippen LogP contribution in [-0.4, -0.2) is 50.6 Å². The van der Waals surface area contributed by atoms with E-state index in [4.69, 9.17) is 5.10 Å². The first-order valence-electron chi connectivity index (χ1n) is 12.8. The number of aliphatic carboxylic acids is 1. The third-order valence-corrected chi connectivity index (χ3v) is 6.44. The van der Waals surface area contributed by atoms with Crippen LogP contribution in [0.3, 0.4) is 0 Å². The predicted molar refractivity (Wildman–Crippen MR) is 141 cm³/mol. The minimum Gasteiger partial charge on any atom is -0.550 e. The van der Waals surface area contributed by atoms with Gasteiger partial charge in [-0.25, -0.2) is 9.07 Å². The fourth-order valence-corrected chi connectivity index (χ4v) is 4.57. The predicted octanol–water partition coefficient (Wildman–Crippen LogP) is 0.298. The number of aromatic nitrogens is 2. The van der Waals surface area contributed by atoms with E-state index in [1.165, 1.54) is 12.1 Å². The summed E-state index contributed by atoms with van der Waals surface area (Å²) >= 11 is 0. The molecule has 1 amide bonds. The second kappa shape index (κ2) is 14.7. The number of carbonyl (C=O) groups is 2. The van der Waals surface area contributed by atoms with Crippen LogP contribution in [0.5, 0.6) is 0 Å². The largest absolute Gasteiger partial charge is 1.00 e. The van der Waals surface area contributed by atoms with Gasteiger partial charge in [0.2, 0.25) is 0 Å². The van der Waals surface area contributed by atoms with Crippen molar-refractivity contribution in [2.75, 3.05) is 11.4 Å². The maximum Gasteiger partial charge on any atom is 1.00 e. The van der Waals surface area contributed by atoms with Crippen molar-refractivity contribution in [2.24, 2.45) is 0 Å². The fourth-order valence-electron chi connectivity index (χ4n) is 4.57. The molecule has 204 valence electrons. The Labute approximate surface area is 250 Å². The van der Waals surface area contributed by atoms with E-state index in [1.54, 1.807) is 21.7 Å². The number of aliphatic hydroxyl groups excluding tert-OH is 2. The van der Waals surface area contributed by atoms with Crippen LogP contribution in [-0.2, 0) is 11.2 Å². The molecule has 0 saturated carbocycles. The van der Waals surface area contributed by atoms with Gasteiger partial charge in [0.05, 0.1) is 17.9 Å². The van der Waals surface area contributed by atoms with Crippen LogP contribution < -0.4 is 39.6 Å². The molecule has 8 nitrogen and oxygen atoms in total. The molecule has 0 saturated heterocycles. The van der Waals surface area contributed by atoms with Gasteiger partial charge in [0, 0.05) is 35.9 Å². The molecule has 0 aliphatic carbocycles. The van der Waals surface area contributed by atoms with Gasteiger partial charge in [0.15, 0.2) is 5.69 Å². The molecule has 3 rings (SSSR count). The molecule has 10 heteroatoms. The number of rotatable bonds is 12. The van der Waals surface area contributed by atoms with Crippen molar-refractivity contribution in [3.63, 3.8) is 0 Å². The smallest absolute Gasteiger partial charge is 0.550 e. The van der Waals surface area contributed by atoms with E-state index in [2.05, 4.69) is 0 Å². The van der Waals surface area contributed by atoms with E-state index in [0.29, 0.717) is 29.9 Å². The number of anilines is 1. The molecule has 39 heavy (non-hydrogen) atoms. The van der Waals surface area contributed by atoms with Crippen LogP contribution >= 0.6 is 0 Å². The quantitative estimate of drug-likeness (QED) is 0.315. The first kappa shape index (κ1) is 32.7. The van der Waals surface area contributed by atoms with E-state index in [0.717, 1.165) is 11.3 Å². The fraction of sp³-hybridized carbons (Fsp3) is 0.414. The van der Waals surface area contributed by atoms with E-state index in [9.17, 15) is 29.3 Å². The minimum absolute atomic E-state index is 0. The average molecular weight is 548 g/mol. The van der Waals surface area contributed by atoms with Gasteiger partial charge in [-0.2, -0.15) is 5.10 Å². The summed E-state index contributed by atoms with van der Waals surface area (Å²) in [7, 11) is 0. The van der Waals surface area contributed by atoms with Crippen LogP contribution in [0.2, 0.25) is 0 Å². The number of carbonyl (C=O) groups excluding carboxylic acids is 2. The minimum atomic E-state index is -1.39. The summed E-state index contributed by atoms with van der Waals surface area (Å²) in [5.74, 6) is -2.17. The maximum atomic E-state index is 13.9. The van der Waals surface area contributed by atoms with Gasteiger partial charge < -0.3 is 25.0 Å². The van der Waals surface area contributed by atoms with Gasteiger partial charge in [0.25, 0.3) is 5.91 Å². The summed E-state index contributed by atoms with van der Waals surface area (Å²) in [5.41, 5.74) is 4.05. The Balaban J connectivity index is 0.00000533. The number of hydrogen-bond acceptors (Lipinski definition) is 6. The molecule has 2 atom stereocenters. The van der Waals surface area contributed by atoms with E-state index in [1.807, 2.05) is 52.0 Å². The zero-order chi connectivity index (χ0) is 28.0. The van der Waals surface area contributed by atoms with E-state index < -0.39 is 30.4 Å². The Morgan fingerprint density at radius 1 is 1.05 bits per heavy atom. The number of amides is 1. The number of aliphatic hydroxyl groups is 2. The van der Waals surface area contributed by atoms with Gasteiger partial charge in [0.1, 0.15) is 5.82 Å². The number of halogens is 1. The Kier molecular flexibility index (Phi) is 12.3. The summed E-state index contributed by atoms with van der Waals surface area (Å²) in [6.07, 6.45) is -2.42. The number of nitrogens with zero attached hydrogens (tertiary/aromatic N) is 3. The number of carboxylic acid groups (broad SMARTS) is 1. The van der Waals surface area contributed by atoms with Crippen molar-refractivity contribution < 1.29 is 58.9 Å². The van der Waals surface area contributed by atoms with Crippen molar-refractivity contribution in [1.82, 2.24) is 9.78 Å². The Morgan fingerprint density at radius 2 is 1.67 bits per heavy atom. The van der Waals surface area contributed by atoms with Crippen molar-refractivity contribution in [1.29, 1.82) is 0 Å². The summed E-state index contributed by atoms with van der Waals surface area (Å²) in [4.78, 5) is 26.3. The summed E-state index contributed by atoms with van der Waals surface area (Å²) < 4.78 is 15.3. The molecule has 0 spiro atoms. The van der Waals surface area contributed by atoms with Crippen molar-refractivity contribution in [2.45, 2.75) is 71.5 Å². The first-order valence-corrected chi connectivity index (χ1v) is 12.8. The van der Waals surface area contributed by atoms with Crippen molar-refractivity contribution in [3.05, 3.63) is 76.9 Å². The van der Waals surface area contributed by atoms with Gasteiger partial charge in [-0.05, 0) is 75.4 Å². The van der Waals surface area contributed by atoms with Crippen molar-refractivity contribution in [3.8, 4) is 5.69 Å². The Bertz CT molecular complexity index is 1250. The monoisotopic (exact) mass is 547 g/mol. The van der Waals surface area contributed by atoms with E-state index in [-0.39, 0.29) is 59.9 Å². The average Bonchev–Trinajstić information content (AvgIpc) is 3.24. The molecule has 0 unspecified atom stereocenters. The molecule has 1 aromatic heterocycles. The number of hydrogen-bond donors (Lipinski definition) is 2. The third-order valence-electron chi connectivity index (χ3n) is 6.44. The molecule has 0 aliphatic rings. The van der Waals surface area contributed by atoms with Crippen LogP contribution in [0, 0.1) is 12.7 Å². The summed E-state index contributed by atoms with van der Waals surface area (Å²) in [6, 6.07) is 13.4.